The molecule has 4 rings (SSSR count). The molecule has 0 aliphatic carbocycles. The van der Waals surface area contributed by atoms with Crippen molar-refractivity contribution in [3.63, 3.8) is 0 Å². The monoisotopic (exact) mass is 362 g/mol. The fourth-order valence-electron chi connectivity index (χ4n) is 3.92. The Labute approximate surface area is 159 Å². The van der Waals surface area contributed by atoms with E-state index in [-0.39, 0.29) is 12.5 Å². The summed E-state index contributed by atoms with van der Waals surface area (Å²) in [4.78, 5) is 0. The minimum atomic E-state index is 0.0313. The predicted octanol–water partition coefficient (Wildman–Crippen LogP) is 5.76. The van der Waals surface area contributed by atoms with Crippen LogP contribution in [-0.2, 0) is 9.47 Å². The Hall–Kier alpha value is -2.56. The summed E-state index contributed by atoms with van der Waals surface area (Å²) in [5.74, 6) is 0. The van der Waals surface area contributed by atoms with Crippen molar-refractivity contribution >= 4 is 21.8 Å². The molecule has 2 heterocycles. The largest absolute Gasteiger partial charge is 0.361 e. The van der Waals surface area contributed by atoms with Crippen molar-refractivity contribution in [2.75, 3.05) is 14.2 Å². The maximum Gasteiger partial charge on any atom is 0.133 e. The number of nitrogens with zero attached hydrogens (tertiary/aromatic N) is 2. The van der Waals surface area contributed by atoms with Crippen molar-refractivity contribution in [1.29, 1.82) is 0 Å². The lowest BCUT2D eigenvalue weighted by Crippen LogP contribution is -2.13. The first-order valence-electron chi connectivity index (χ1n) is 9.48. The van der Waals surface area contributed by atoms with Crippen molar-refractivity contribution in [1.82, 2.24) is 9.13 Å². The van der Waals surface area contributed by atoms with Crippen LogP contribution in [0.5, 0.6) is 0 Å². The number of benzene rings is 2. The number of hydrogen-bond acceptors (Lipinski definition) is 2. The minimum absolute atomic E-state index is 0.0313. The van der Waals surface area contributed by atoms with E-state index in [1.54, 1.807) is 14.2 Å². The Morgan fingerprint density at radius 3 is 1.56 bits per heavy atom. The van der Waals surface area contributed by atoms with E-state index in [1.165, 1.54) is 21.8 Å². The third-order valence-corrected chi connectivity index (χ3v) is 5.33. The molecule has 0 N–H and O–H groups in total. The van der Waals surface area contributed by atoms with Crippen LogP contribution >= 0.6 is 0 Å². The lowest BCUT2D eigenvalue weighted by Gasteiger charge is -2.22. The topological polar surface area (TPSA) is 28.3 Å². The van der Waals surface area contributed by atoms with Crippen LogP contribution in [0.3, 0.4) is 0 Å². The van der Waals surface area contributed by atoms with Gasteiger partial charge in [-0.3, -0.25) is 0 Å². The summed E-state index contributed by atoms with van der Waals surface area (Å²) in [5, 5.41) is 2.49. The first-order valence-corrected chi connectivity index (χ1v) is 9.48. The number of aromatic nitrogens is 2. The van der Waals surface area contributed by atoms with Crippen LogP contribution in [0.25, 0.3) is 21.8 Å². The van der Waals surface area contributed by atoms with Crippen LogP contribution in [0.2, 0.25) is 0 Å². The quantitative estimate of drug-likeness (QED) is 0.399. The van der Waals surface area contributed by atoms with Crippen LogP contribution in [0.15, 0.2) is 73.1 Å². The van der Waals surface area contributed by atoms with Gasteiger partial charge in [0.2, 0.25) is 0 Å². The summed E-state index contributed by atoms with van der Waals surface area (Å²) in [5.41, 5.74) is 2.42. The van der Waals surface area contributed by atoms with E-state index in [4.69, 9.17) is 9.47 Å². The van der Waals surface area contributed by atoms with Gasteiger partial charge in [-0.1, -0.05) is 36.4 Å². The molecule has 0 radical (unpaired) electrons. The zero-order valence-electron chi connectivity index (χ0n) is 15.9. The highest BCUT2D eigenvalue weighted by Crippen LogP contribution is 2.28. The van der Waals surface area contributed by atoms with E-state index in [1.807, 2.05) is 0 Å². The summed E-state index contributed by atoms with van der Waals surface area (Å²) in [6.07, 6.45) is 7.18. The third-order valence-electron chi connectivity index (χ3n) is 5.33. The molecule has 0 saturated carbocycles. The molecule has 4 aromatic rings. The van der Waals surface area contributed by atoms with Gasteiger partial charge in [0.05, 0.1) is 11.0 Å². The molecule has 0 bridgehead atoms. The molecule has 0 aliphatic rings. The Morgan fingerprint density at radius 2 is 1.11 bits per heavy atom. The molecule has 4 heteroatoms. The molecular formula is C23H26N2O2. The SMILES string of the molecule is COC(CCCC(OC)n1ccc2ccccc21)n1ccc2ccccc21. The fourth-order valence-corrected chi connectivity index (χ4v) is 3.92. The molecule has 2 atom stereocenters. The van der Waals surface area contributed by atoms with Gasteiger partial charge >= 0.3 is 0 Å². The van der Waals surface area contributed by atoms with Crippen LogP contribution in [0.1, 0.15) is 31.7 Å². The van der Waals surface area contributed by atoms with Crippen LogP contribution < -0.4 is 0 Å². The average Bonchev–Trinajstić information content (AvgIpc) is 3.33. The summed E-state index contributed by atoms with van der Waals surface area (Å²) in [7, 11) is 3.57. The second kappa shape index (κ2) is 7.99. The molecule has 0 amide bonds. The van der Waals surface area contributed by atoms with E-state index in [0.717, 1.165) is 19.3 Å². The van der Waals surface area contributed by atoms with E-state index >= 15 is 0 Å². The second-order valence-corrected chi connectivity index (χ2v) is 6.88. The van der Waals surface area contributed by atoms with Gasteiger partial charge in [0, 0.05) is 26.6 Å². The average molecular weight is 362 g/mol. The molecule has 2 aromatic heterocycles. The van der Waals surface area contributed by atoms with Crippen LogP contribution in [0.4, 0.5) is 0 Å². The van der Waals surface area contributed by atoms with Gasteiger partial charge in [0.25, 0.3) is 0 Å². The van der Waals surface area contributed by atoms with Crippen molar-refractivity contribution in [3.05, 3.63) is 73.1 Å². The van der Waals surface area contributed by atoms with E-state index in [9.17, 15) is 0 Å². The molecular weight excluding hydrogens is 336 g/mol. The number of para-hydroxylation sites is 2. The lowest BCUT2D eigenvalue weighted by molar-refractivity contribution is 0.0164. The molecule has 4 nitrogen and oxygen atoms in total. The lowest BCUT2D eigenvalue weighted by atomic mass is 10.2. The van der Waals surface area contributed by atoms with E-state index in [0.29, 0.717) is 0 Å². The van der Waals surface area contributed by atoms with Gasteiger partial charge in [-0.25, -0.2) is 0 Å². The Bertz CT molecular complexity index is 935. The smallest absolute Gasteiger partial charge is 0.133 e. The number of ether oxygens (including phenoxy) is 2. The first-order chi connectivity index (χ1) is 13.3. The molecule has 2 unspecified atom stereocenters. The Morgan fingerprint density at radius 1 is 0.667 bits per heavy atom. The highest BCUT2D eigenvalue weighted by molar-refractivity contribution is 5.80. The van der Waals surface area contributed by atoms with Gasteiger partial charge in [-0.15, -0.1) is 0 Å². The Balaban J connectivity index is 1.45. The molecule has 0 aliphatic heterocycles. The minimum Gasteiger partial charge on any atom is -0.361 e. The second-order valence-electron chi connectivity index (χ2n) is 6.88. The van der Waals surface area contributed by atoms with Gasteiger partial charge < -0.3 is 18.6 Å². The van der Waals surface area contributed by atoms with Crippen LogP contribution in [0, 0.1) is 0 Å². The highest BCUT2D eigenvalue weighted by atomic mass is 16.5. The van der Waals surface area contributed by atoms with Crippen molar-refractivity contribution in [2.24, 2.45) is 0 Å². The number of hydrogen-bond donors (Lipinski definition) is 0. The fraction of sp³-hybridized carbons (Fsp3) is 0.304. The number of rotatable bonds is 8. The van der Waals surface area contributed by atoms with E-state index in [2.05, 4.69) is 82.2 Å². The van der Waals surface area contributed by atoms with Crippen molar-refractivity contribution < 1.29 is 9.47 Å². The summed E-state index contributed by atoms with van der Waals surface area (Å²) in [6, 6.07) is 21.1. The molecule has 0 fully saturated rings. The van der Waals surface area contributed by atoms with Crippen molar-refractivity contribution in [3.8, 4) is 0 Å². The zero-order valence-corrected chi connectivity index (χ0v) is 15.9. The van der Waals surface area contributed by atoms with Gasteiger partial charge in [-0.05, 0) is 54.3 Å². The van der Waals surface area contributed by atoms with Gasteiger partial charge in [-0.2, -0.15) is 0 Å². The van der Waals surface area contributed by atoms with Gasteiger partial charge in [0.1, 0.15) is 12.5 Å². The maximum atomic E-state index is 5.79. The number of methoxy groups -OCH3 is 2. The summed E-state index contributed by atoms with van der Waals surface area (Å²) in [6.45, 7) is 0. The molecule has 0 spiro atoms. The Kier molecular flexibility index (Phi) is 5.28. The maximum absolute atomic E-state index is 5.79. The third kappa shape index (κ3) is 3.51. The van der Waals surface area contributed by atoms with E-state index < -0.39 is 0 Å². The standard InChI is InChI=1S/C23H26N2O2/c1-26-22(24-16-14-18-8-3-5-10-20(18)24)12-7-13-23(27-2)25-17-15-19-9-4-6-11-21(19)25/h3-6,8-11,14-17,22-23H,7,12-13H2,1-2H3. The molecule has 140 valence electrons. The molecule has 27 heavy (non-hydrogen) atoms. The van der Waals surface area contributed by atoms with Gasteiger partial charge in [0.15, 0.2) is 0 Å². The molecule has 2 aromatic carbocycles. The zero-order chi connectivity index (χ0) is 18.6. The first kappa shape index (κ1) is 17.8. The van der Waals surface area contributed by atoms with Crippen molar-refractivity contribution in [2.45, 2.75) is 31.7 Å². The summed E-state index contributed by atoms with van der Waals surface area (Å²) < 4.78 is 16.0. The van der Waals surface area contributed by atoms with Crippen LogP contribution in [-0.4, -0.2) is 23.4 Å². The normalized spacial score (nSPS) is 14.0. The highest BCUT2D eigenvalue weighted by Gasteiger charge is 2.16. The summed E-state index contributed by atoms with van der Waals surface area (Å²) >= 11 is 0. The predicted molar refractivity (Wildman–Crippen MR) is 110 cm³/mol. The number of fused-ring (bicyclic) bond motifs is 2. The molecule has 0 saturated heterocycles.